The maximum atomic E-state index is 2.45. The molecule has 108 valence electrons. The van der Waals surface area contributed by atoms with Crippen molar-refractivity contribution in [2.45, 2.75) is 77.6 Å². The predicted octanol–water partition coefficient (Wildman–Crippen LogP) is 5.98. The summed E-state index contributed by atoms with van der Waals surface area (Å²) in [4.78, 5) is 0. The molecule has 3 rings (SSSR count). The summed E-state index contributed by atoms with van der Waals surface area (Å²) in [6, 6.07) is 0. The van der Waals surface area contributed by atoms with Gasteiger partial charge >= 0.3 is 0 Å². The molecule has 0 unspecified atom stereocenters. The van der Waals surface area contributed by atoms with Crippen molar-refractivity contribution in [3.05, 3.63) is 12.2 Å². The van der Waals surface area contributed by atoms with Crippen molar-refractivity contribution in [1.82, 2.24) is 0 Å². The second-order valence-electron chi connectivity index (χ2n) is 7.66. The summed E-state index contributed by atoms with van der Waals surface area (Å²) in [5.41, 5.74) is 0. The van der Waals surface area contributed by atoms with E-state index in [0.29, 0.717) is 0 Å². The van der Waals surface area contributed by atoms with E-state index in [1.54, 1.807) is 44.9 Å². The van der Waals surface area contributed by atoms with E-state index in [1.807, 2.05) is 0 Å². The molecule has 0 saturated heterocycles. The summed E-state index contributed by atoms with van der Waals surface area (Å²) in [5.74, 6) is 5.36. The predicted molar refractivity (Wildman–Crippen MR) is 83.1 cm³/mol. The second kappa shape index (κ2) is 6.46. The van der Waals surface area contributed by atoms with Crippen LogP contribution in [0.25, 0.3) is 0 Å². The Morgan fingerprint density at radius 1 is 0.684 bits per heavy atom. The van der Waals surface area contributed by atoms with Crippen LogP contribution in [0.1, 0.15) is 77.6 Å². The van der Waals surface area contributed by atoms with Crippen molar-refractivity contribution in [3.8, 4) is 0 Å². The van der Waals surface area contributed by atoms with Gasteiger partial charge in [0.25, 0.3) is 0 Å². The van der Waals surface area contributed by atoms with Gasteiger partial charge in [-0.1, -0.05) is 37.8 Å². The van der Waals surface area contributed by atoms with Crippen LogP contribution >= 0.6 is 0 Å². The Morgan fingerprint density at radius 3 is 1.63 bits per heavy atom. The Bertz CT molecular complexity index is 283. The molecule has 3 aliphatic rings. The first kappa shape index (κ1) is 13.7. The lowest BCUT2D eigenvalue weighted by atomic mass is 9.68. The van der Waals surface area contributed by atoms with Crippen LogP contribution in [0.3, 0.4) is 0 Å². The van der Waals surface area contributed by atoms with Gasteiger partial charge in [0.1, 0.15) is 0 Å². The van der Waals surface area contributed by atoms with Gasteiger partial charge in [0, 0.05) is 0 Å². The smallest absolute Gasteiger partial charge is 0.0233 e. The third-order valence-electron chi connectivity index (χ3n) is 6.20. The zero-order valence-electron chi connectivity index (χ0n) is 12.8. The molecule has 0 bridgehead atoms. The minimum absolute atomic E-state index is 0.910. The van der Waals surface area contributed by atoms with E-state index in [4.69, 9.17) is 0 Å². The molecule has 3 saturated carbocycles. The van der Waals surface area contributed by atoms with E-state index < -0.39 is 0 Å². The highest BCUT2D eigenvalue weighted by Gasteiger charge is 2.32. The first-order chi connectivity index (χ1) is 9.35. The number of rotatable bonds is 4. The Labute approximate surface area is 120 Å². The topological polar surface area (TPSA) is 0 Å². The largest absolute Gasteiger partial charge is 0.0914 e. The highest BCUT2D eigenvalue weighted by Crippen LogP contribution is 2.45. The first-order valence-corrected chi connectivity index (χ1v) is 8.98. The number of hydrogen-bond acceptors (Lipinski definition) is 0. The molecule has 0 aromatic carbocycles. The zero-order valence-corrected chi connectivity index (χ0v) is 12.8. The van der Waals surface area contributed by atoms with Crippen molar-refractivity contribution < 1.29 is 0 Å². The molecule has 0 aromatic rings. The highest BCUT2D eigenvalue weighted by molar-refractivity contribution is 4.91. The summed E-state index contributed by atoms with van der Waals surface area (Å²) < 4.78 is 0. The van der Waals surface area contributed by atoms with Gasteiger partial charge in [0.05, 0.1) is 0 Å². The van der Waals surface area contributed by atoms with Crippen molar-refractivity contribution in [1.29, 1.82) is 0 Å². The van der Waals surface area contributed by atoms with Crippen LogP contribution in [0.15, 0.2) is 12.2 Å². The maximum Gasteiger partial charge on any atom is -0.0233 e. The highest BCUT2D eigenvalue weighted by atomic mass is 14.4. The van der Waals surface area contributed by atoms with Gasteiger partial charge in [0.2, 0.25) is 0 Å². The lowest BCUT2D eigenvalue weighted by Gasteiger charge is -2.37. The molecule has 0 aliphatic heterocycles. The van der Waals surface area contributed by atoms with Gasteiger partial charge in [-0.15, -0.1) is 0 Å². The molecule has 3 aliphatic carbocycles. The molecular weight excluding hydrogens is 228 g/mol. The van der Waals surface area contributed by atoms with Crippen molar-refractivity contribution in [3.63, 3.8) is 0 Å². The van der Waals surface area contributed by atoms with Crippen LogP contribution in [-0.2, 0) is 0 Å². The molecule has 0 aromatic heterocycles. The number of allylic oxidation sites excluding steroid dienone is 2. The molecule has 0 heterocycles. The SMILES string of the molecule is C/C=C/C1CCC(C2CCC(CC3CC3)CC2)CC1. The van der Waals surface area contributed by atoms with E-state index in [2.05, 4.69) is 19.1 Å². The quantitative estimate of drug-likeness (QED) is 0.546. The fraction of sp³-hybridized carbons (Fsp3) is 0.895. The van der Waals surface area contributed by atoms with Gasteiger partial charge < -0.3 is 0 Å². The summed E-state index contributed by atoms with van der Waals surface area (Å²) in [6.45, 7) is 2.17. The summed E-state index contributed by atoms with van der Waals surface area (Å²) >= 11 is 0. The lowest BCUT2D eigenvalue weighted by Crippen LogP contribution is -2.25. The van der Waals surface area contributed by atoms with Crippen LogP contribution in [0.2, 0.25) is 0 Å². The van der Waals surface area contributed by atoms with E-state index in [9.17, 15) is 0 Å². The van der Waals surface area contributed by atoms with Gasteiger partial charge in [-0.25, -0.2) is 0 Å². The monoisotopic (exact) mass is 260 g/mol. The Balaban J connectivity index is 1.39. The van der Waals surface area contributed by atoms with Crippen molar-refractivity contribution in [2.24, 2.45) is 29.6 Å². The maximum absolute atomic E-state index is 2.45. The average molecular weight is 260 g/mol. The molecule has 0 amide bonds. The van der Waals surface area contributed by atoms with Crippen LogP contribution in [0.4, 0.5) is 0 Å². The van der Waals surface area contributed by atoms with E-state index in [0.717, 1.165) is 29.6 Å². The molecule has 3 fully saturated rings. The van der Waals surface area contributed by atoms with Gasteiger partial charge in [0.15, 0.2) is 0 Å². The lowest BCUT2D eigenvalue weighted by molar-refractivity contribution is 0.150. The van der Waals surface area contributed by atoms with Gasteiger partial charge in [-0.05, 0) is 81.5 Å². The fourth-order valence-corrected chi connectivity index (χ4v) is 4.80. The average Bonchev–Trinajstić information content (AvgIpc) is 3.25. The van der Waals surface area contributed by atoms with E-state index in [1.165, 1.54) is 25.7 Å². The van der Waals surface area contributed by atoms with Crippen LogP contribution < -0.4 is 0 Å². The van der Waals surface area contributed by atoms with Crippen molar-refractivity contribution in [2.75, 3.05) is 0 Å². The molecule has 19 heavy (non-hydrogen) atoms. The number of hydrogen-bond donors (Lipinski definition) is 0. The third kappa shape index (κ3) is 3.86. The first-order valence-electron chi connectivity index (χ1n) is 8.98. The summed E-state index contributed by atoms with van der Waals surface area (Å²) in [7, 11) is 0. The normalized spacial score (nSPS) is 40.7. The Kier molecular flexibility index (Phi) is 4.66. The minimum Gasteiger partial charge on any atom is -0.0914 e. The van der Waals surface area contributed by atoms with E-state index >= 15 is 0 Å². The summed E-state index contributed by atoms with van der Waals surface area (Å²) in [6.07, 6.45) is 21.6. The van der Waals surface area contributed by atoms with Gasteiger partial charge in [-0.3, -0.25) is 0 Å². The minimum atomic E-state index is 0.910. The van der Waals surface area contributed by atoms with Crippen molar-refractivity contribution >= 4 is 0 Å². The molecule has 0 atom stereocenters. The molecule has 0 spiro atoms. The second-order valence-corrected chi connectivity index (χ2v) is 7.66. The molecule has 0 nitrogen and oxygen atoms in total. The van der Waals surface area contributed by atoms with Crippen LogP contribution in [0, 0.1) is 29.6 Å². The molecular formula is C19H32. The summed E-state index contributed by atoms with van der Waals surface area (Å²) in [5, 5.41) is 0. The molecule has 0 heteroatoms. The zero-order chi connectivity index (χ0) is 13.1. The van der Waals surface area contributed by atoms with Crippen LogP contribution in [0.5, 0.6) is 0 Å². The molecule has 0 radical (unpaired) electrons. The Morgan fingerprint density at radius 2 is 1.16 bits per heavy atom. The molecule has 0 N–H and O–H groups in total. The Hall–Kier alpha value is -0.260. The van der Waals surface area contributed by atoms with Crippen LogP contribution in [-0.4, -0.2) is 0 Å². The van der Waals surface area contributed by atoms with E-state index in [-0.39, 0.29) is 0 Å². The third-order valence-corrected chi connectivity index (χ3v) is 6.20. The fourth-order valence-electron chi connectivity index (χ4n) is 4.80. The standard InChI is InChI=1S/C19H32/c1-2-3-15-6-10-18(11-7-15)19-12-8-17(9-13-19)14-16-4-5-16/h2-3,15-19H,4-14H2,1H3/b3-2+. The van der Waals surface area contributed by atoms with Gasteiger partial charge in [-0.2, -0.15) is 0 Å².